The molecular weight excluding hydrogens is 310 g/mol. The minimum atomic E-state index is -1.02. The van der Waals surface area contributed by atoms with Crippen LogP contribution in [0.15, 0.2) is 36.4 Å². The van der Waals surface area contributed by atoms with Crippen LogP contribution in [-0.2, 0) is 13.0 Å². The van der Waals surface area contributed by atoms with Gasteiger partial charge in [0.2, 0.25) is 0 Å². The highest BCUT2D eigenvalue weighted by Gasteiger charge is 2.23. The van der Waals surface area contributed by atoms with E-state index in [0.717, 1.165) is 11.1 Å². The number of amides is 1. The van der Waals surface area contributed by atoms with Crippen molar-refractivity contribution >= 4 is 11.9 Å². The largest absolute Gasteiger partial charge is 0.504 e. The normalized spacial score (nSPS) is 13.3. The number of methoxy groups -OCH3 is 1. The zero-order valence-electron chi connectivity index (χ0n) is 13.2. The van der Waals surface area contributed by atoms with Gasteiger partial charge in [0.15, 0.2) is 11.5 Å². The molecule has 6 nitrogen and oxygen atoms in total. The molecule has 0 atom stereocenters. The van der Waals surface area contributed by atoms with Crippen molar-refractivity contribution in [1.29, 1.82) is 0 Å². The Labute approximate surface area is 138 Å². The summed E-state index contributed by atoms with van der Waals surface area (Å²) >= 11 is 0. The number of hydrogen-bond acceptors (Lipinski definition) is 4. The number of fused-ring (bicyclic) bond motifs is 1. The van der Waals surface area contributed by atoms with Gasteiger partial charge in [0.25, 0.3) is 5.91 Å². The van der Waals surface area contributed by atoms with Crippen molar-refractivity contribution in [3.05, 3.63) is 58.7 Å². The van der Waals surface area contributed by atoms with Crippen LogP contribution >= 0.6 is 0 Å². The number of aromatic carboxylic acids is 1. The number of phenols is 1. The smallest absolute Gasteiger partial charge is 0.335 e. The Morgan fingerprint density at radius 3 is 2.38 bits per heavy atom. The van der Waals surface area contributed by atoms with E-state index in [1.165, 1.54) is 31.4 Å². The van der Waals surface area contributed by atoms with Gasteiger partial charge in [0.05, 0.1) is 12.7 Å². The third-order valence-electron chi connectivity index (χ3n) is 4.18. The second-order valence-electron chi connectivity index (χ2n) is 5.65. The van der Waals surface area contributed by atoms with E-state index in [4.69, 9.17) is 9.84 Å². The molecule has 2 aromatic carbocycles. The molecule has 0 aliphatic carbocycles. The first-order chi connectivity index (χ1) is 11.5. The zero-order valence-corrected chi connectivity index (χ0v) is 13.2. The average molecular weight is 327 g/mol. The van der Waals surface area contributed by atoms with Gasteiger partial charge in [-0.05, 0) is 53.9 Å². The molecule has 3 rings (SSSR count). The van der Waals surface area contributed by atoms with E-state index in [2.05, 4.69) is 0 Å². The number of aromatic hydroxyl groups is 1. The summed E-state index contributed by atoms with van der Waals surface area (Å²) in [4.78, 5) is 25.2. The van der Waals surface area contributed by atoms with Crippen molar-refractivity contribution < 1.29 is 24.5 Å². The minimum absolute atomic E-state index is 0.0975. The van der Waals surface area contributed by atoms with E-state index in [0.29, 0.717) is 30.8 Å². The SMILES string of the molecule is COc1cc2c(cc1O)CCN(C(=O)c1ccc(C(=O)O)cc1)C2. The van der Waals surface area contributed by atoms with E-state index in [1.807, 2.05) is 0 Å². The van der Waals surface area contributed by atoms with E-state index in [1.54, 1.807) is 17.0 Å². The van der Waals surface area contributed by atoms with Gasteiger partial charge in [0.1, 0.15) is 0 Å². The number of benzene rings is 2. The van der Waals surface area contributed by atoms with Crippen molar-refractivity contribution in [3.63, 3.8) is 0 Å². The van der Waals surface area contributed by atoms with Gasteiger partial charge in [-0.3, -0.25) is 4.79 Å². The molecule has 6 heteroatoms. The van der Waals surface area contributed by atoms with Crippen molar-refractivity contribution in [2.45, 2.75) is 13.0 Å². The van der Waals surface area contributed by atoms with E-state index in [-0.39, 0.29) is 17.2 Å². The Morgan fingerprint density at radius 2 is 1.75 bits per heavy atom. The Hall–Kier alpha value is -3.02. The summed E-state index contributed by atoms with van der Waals surface area (Å²) in [7, 11) is 1.48. The highest BCUT2D eigenvalue weighted by Crippen LogP contribution is 2.32. The van der Waals surface area contributed by atoms with Crippen molar-refractivity contribution in [2.75, 3.05) is 13.7 Å². The van der Waals surface area contributed by atoms with Crippen LogP contribution in [-0.4, -0.2) is 40.6 Å². The third kappa shape index (κ3) is 2.90. The summed E-state index contributed by atoms with van der Waals surface area (Å²) in [6.45, 7) is 0.962. The molecule has 24 heavy (non-hydrogen) atoms. The lowest BCUT2D eigenvalue weighted by molar-refractivity contribution is 0.0692. The lowest BCUT2D eigenvalue weighted by Crippen LogP contribution is -2.36. The number of carbonyl (C=O) groups is 2. The summed E-state index contributed by atoms with van der Waals surface area (Å²) in [5.41, 5.74) is 2.54. The van der Waals surface area contributed by atoms with Gasteiger partial charge in [-0.15, -0.1) is 0 Å². The van der Waals surface area contributed by atoms with E-state index < -0.39 is 5.97 Å². The molecule has 2 aromatic rings. The molecule has 0 saturated heterocycles. The molecular formula is C18H17NO5. The Balaban J connectivity index is 1.81. The molecule has 1 aliphatic heterocycles. The first-order valence-corrected chi connectivity index (χ1v) is 7.51. The molecule has 0 unspecified atom stereocenters. The maximum atomic E-state index is 12.6. The second kappa shape index (κ2) is 6.23. The number of nitrogens with zero attached hydrogens (tertiary/aromatic N) is 1. The fourth-order valence-electron chi connectivity index (χ4n) is 2.85. The van der Waals surface area contributed by atoms with Crippen molar-refractivity contribution in [2.24, 2.45) is 0 Å². The molecule has 0 bridgehead atoms. The molecule has 1 amide bonds. The van der Waals surface area contributed by atoms with Crippen LogP contribution in [0.25, 0.3) is 0 Å². The highest BCUT2D eigenvalue weighted by atomic mass is 16.5. The maximum absolute atomic E-state index is 12.6. The second-order valence-corrected chi connectivity index (χ2v) is 5.65. The zero-order chi connectivity index (χ0) is 17.3. The van der Waals surface area contributed by atoms with Gasteiger partial charge in [-0.1, -0.05) is 0 Å². The molecule has 0 spiro atoms. The molecule has 124 valence electrons. The predicted octanol–water partition coefficient (Wildman–Crippen LogP) is 2.30. The quantitative estimate of drug-likeness (QED) is 0.903. The molecule has 0 fully saturated rings. The number of carboxylic acids is 1. The molecule has 0 aromatic heterocycles. The van der Waals surface area contributed by atoms with Crippen LogP contribution in [0.4, 0.5) is 0 Å². The summed E-state index contributed by atoms with van der Waals surface area (Å²) in [5, 5.41) is 18.8. The standard InChI is InChI=1S/C18H17NO5/c1-24-16-9-14-10-19(7-6-13(14)8-15(16)20)17(21)11-2-4-12(5-3-11)18(22)23/h2-5,8-9,20H,6-7,10H2,1H3,(H,22,23). The Kier molecular flexibility index (Phi) is 4.12. The first-order valence-electron chi connectivity index (χ1n) is 7.51. The van der Waals surface area contributed by atoms with E-state index >= 15 is 0 Å². The predicted molar refractivity (Wildman–Crippen MR) is 86.5 cm³/mol. The summed E-state index contributed by atoms with van der Waals surface area (Å²) in [6, 6.07) is 9.33. The first kappa shape index (κ1) is 15.9. The van der Waals surface area contributed by atoms with Gasteiger partial charge in [0, 0.05) is 18.7 Å². The summed E-state index contributed by atoms with van der Waals surface area (Å²) < 4.78 is 5.12. The Morgan fingerprint density at radius 1 is 1.08 bits per heavy atom. The van der Waals surface area contributed by atoms with Gasteiger partial charge < -0.3 is 19.8 Å². The monoisotopic (exact) mass is 327 g/mol. The highest BCUT2D eigenvalue weighted by molar-refractivity contribution is 5.96. The van der Waals surface area contributed by atoms with Crippen molar-refractivity contribution in [3.8, 4) is 11.5 Å². The number of carbonyl (C=O) groups excluding carboxylic acids is 1. The van der Waals surface area contributed by atoms with Gasteiger partial charge in [-0.2, -0.15) is 0 Å². The van der Waals surface area contributed by atoms with Crippen molar-refractivity contribution in [1.82, 2.24) is 4.90 Å². The number of rotatable bonds is 3. The summed E-state index contributed by atoms with van der Waals surface area (Å²) in [6.07, 6.45) is 0.645. The van der Waals surface area contributed by atoms with Crippen LogP contribution < -0.4 is 4.74 Å². The summed E-state index contributed by atoms with van der Waals surface area (Å²) in [5.74, 6) is -0.688. The topological polar surface area (TPSA) is 87.1 Å². The van der Waals surface area contributed by atoms with Crippen LogP contribution in [0.3, 0.4) is 0 Å². The van der Waals surface area contributed by atoms with Gasteiger partial charge in [-0.25, -0.2) is 4.79 Å². The van der Waals surface area contributed by atoms with Crippen LogP contribution in [0, 0.1) is 0 Å². The van der Waals surface area contributed by atoms with Crippen LogP contribution in [0.5, 0.6) is 11.5 Å². The third-order valence-corrected chi connectivity index (χ3v) is 4.18. The number of ether oxygens (including phenoxy) is 1. The maximum Gasteiger partial charge on any atom is 0.335 e. The van der Waals surface area contributed by atoms with Crippen LogP contribution in [0.2, 0.25) is 0 Å². The lowest BCUT2D eigenvalue weighted by atomic mass is 9.98. The molecule has 1 heterocycles. The molecule has 2 N–H and O–H groups in total. The molecule has 0 saturated carbocycles. The molecule has 0 radical (unpaired) electrons. The molecule has 1 aliphatic rings. The van der Waals surface area contributed by atoms with Gasteiger partial charge >= 0.3 is 5.97 Å². The Bertz CT molecular complexity index is 798. The minimum Gasteiger partial charge on any atom is -0.504 e. The average Bonchev–Trinajstić information content (AvgIpc) is 2.60. The number of phenolic OH excluding ortho intramolecular Hbond substituents is 1. The van der Waals surface area contributed by atoms with E-state index in [9.17, 15) is 14.7 Å². The number of carboxylic acid groups (broad SMARTS) is 1. The number of hydrogen-bond donors (Lipinski definition) is 2. The lowest BCUT2D eigenvalue weighted by Gasteiger charge is -2.29. The fourth-order valence-corrected chi connectivity index (χ4v) is 2.85. The van der Waals surface area contributed by atoms with Crippen LogP contribution in [0.1, 0.15) is 31.8 Å². The fraction of sp³-hybridized carbons (Fsp3) is 0.222.